The molecule has 0 saturated carbocycles. The number of nitrogens with one attached hydrogen (secondary N) is 2. The number of benzene rings is 1. The Kier molecular flexibility index (Phi) is 7.13. The number of thioether (sulfide) groups is 1. The molecular weight excluding hydrogens is 464 g/mol. The van der Waals surface area contributed by atoms with Crippen LogP contribution in [-0.4, -0.2) is 28.8 Å². The summed E-state index contributed by atoms with van der Waals surface area (Å²) in [5.41, 5.74) is 4.04. The topological polar surface area (TPSA) is 84.0 Å². The first-order valence-corrected chi connectivity index (χ1v) is 12.5. The van der Waals surface area contributed by atoms with Gasteiger partial charge < -0.3 is 10.6 Å². The van der Waals surface area contributed by atoms with Crippen LogP contribution in [0, 0.1) is 6.92 Å². The maximum Gasteiger partial charge on any atom is 0.276 e. The van der Waals surface area contributed by atoms with Crippen molar-refractivity contribution in [2.24, 2.45) is 0 Å². The SMILES string of the molecule is CNC(=O)c1c(NC(=O)c2nc(SCc3ccc(C)cc3)ncc2Cl)sc2c1CCCC2. The van der Waals surface area contributed by atoms with Crippen molar-refractivity contribution < 1.29 is 9.59 Å². The van der Waals surface area contributed by atoms with Crippen molar-refractivity contribution in [1.29, 1.82) is 0 Å². The van der Waals surface area contributed by atoms with Crippen LogP contribution < -0.4 is 10.6 Å². The number of carbonyl (C=O) groups is 2. The molecule has 1 aliphatic rings. The van der Waals surface area contributed by atoms with Crippen molar-refractivity contribution in [2.45, 2.75) is 43.5 Å². The van der Waals surface area contributed by atoms with Gasteiger partial charge >= 0.3 is 0 Å². The van der Waals surface area contributed by atoms with Gasteiger partial charge in [-0.2, -0.15) is 0 Å². The van der Waals surface area contributed by atoms with Crippen LogP contribution in [0.4, 0.5) is 5.00 Å². The number of anilines is 1. The smallest absolute Gasteiger partial charge is 0.276 e. The van der Waals surface area contributed by atoms with E-state index >= 15 is 0 Å². The van der Waals surface area contributed by atoms with Crippen LogP contribution >= 0.6 is 34.7 Å². The number of thiophene rings is 1. The maximum absolute atomic E-state index is 13.1. The lowest BCUT2D eigenvalue weighted by molar-refractivity contribution is 0.0963. The van der Waals surface area contributed by atoms with E-state index < -0.39 is 5.91 Å². The first kappa shape index (κ1) is 22.8. The van der Waals surface area contributed by atoms with Gasteiger partial charge in [0.25, 0.3) is 11.8 Å². The molecule has 0 bridgehead atoms. The Labute approximate surface area is 200 Å². The van der Waals surface area contributed by atoms with Crippen molar-refractivity contribution in [3.8, 4) is 0 Å². The number of fused-ring (bicyclic) bond motifs is 1. The summed E-state index contributed by atoms with van der Waals surface area (Å²) in [6, 6.07) is 8.24. The van der Waals surface area contributed by atoms with Crippen molar-refractivity contribution in [3.05, 3.63) is 68.3 Å². The highest BCUT2D eigenvalue weighted by atomic mass is 35.5. The van der Waals surface area contributed by atoms with Gasteiger partial charge in [0.1, 0.15) is 5.00 Å². The fraction of sp³-hybridized carbons (Fsp3) is 0.304. The zero-order valence-electron chi connectivity index (χ0n) is 17.8. The Hall–Kier alpha value is -2.42. The molecule has 2 aromatic heterocycles. The average molecular weight is 487 g/mol. The van der Waals surface area contributed by atoms with Crippen LogP contribution in [0.1, 0.15) is 55.3 Å². The van der Waals surface area contributed by atoms with Crippen molar-refractivity contribution in [1.82, 2.24) is 15.3 Å². The molecule has 0 unspecified atom stereocenters. The Morgan fingerprint density at radius 1 is 1.16 bits per heavy atom. The van der Waals surface area contributed by atoms with Crippen LogP contribution in [0.5, 0.6) is 0 Å². The van der Waals surface area contributed by atoms with E-state index in [9.17, 15) is 9.59 Å². The number of hydrogen-bond acceptors (Lipinski definition) is 6. The lowest BCUT2D eigenvalue weighted by Crippen LogP contribution is -2.22. The first-order chi connectivity index (χ1) is 15.5. The standard InChI is InChI=1S/C23H23ClN4O2S2/c1-13-7-9-14(10-8-13)12-31-23-26-11-16(24)19(27-23)21(30)28-22-18(20(29)25-2)15-5-3-4-6-17(15)32-22/h7-11H,3-6,12H2,1-2H3,(H,25,29)(H,28,30). The Balaban J connectivity index is 1.55. The summed E-state index contributed by atoms with van der Waals surface area (Å²) < 4.78 is 0. The molecule has 4 rings (SSSR count). The molecule has 3 aromatic rings. The van der Waals surface area contributed by atoms with Crippen LogP contribution in [0.15, 0.2) is 35.6 Å². The minimum atomic E-state index is -0.446. The second-order valence-corrected chi connectivity index (χ2v) is 10.0. The molecule has 2 amide bonds. The van der Waals surface area contributed by atoms with Gasteiger partial charge in [0.15, 0.2) is 10.9 Å². The minimum Gasteiger partial charge on any atom is -0.355 e. The predicted molar refractivity (Wildman–Crippen MR) is 130 cm³/mol. The Morgan fingerprint density at radius 3 is 2.66 bits per heavy atom. The van der Waals surface area contributed by atoms with E-state index in [1.807, 2.05) is 6.92 Å². The number of carbonyl (C=O) groups excluding carboxylic acids is 2. The lowest BCUT2D eigenvalue weighted by Gasteiger charge is -2.12. The summed E-state index contributed by atoms with van der Waals surface area (Å²) in [6.07, 6.45) is 5.35. The molecule has 9 heteroatoms. The number of hydrogen-bond donors (Lipinski definition) is 2. The molecule has 1 aromatic carbocycles. The molecule has 0 spiro atoms. The number of amides is 2. The third-order valence-corrected chi connectivity index (χ3v) is 7.69. The zero-order valence-corrected chi connectivity index (χ0v) is 20.2. The lowest BCUT2D eigenvalue weighted by atomic mass is 9.95. The summed E-state index contributed by atoms with van der Waals surface area (Å²) in [5.74, 6) is 0.0442. The zero-order chi connectivity index (χ0) is 22.7. The molecule has 1 aliphatic carbocycles. The van der Waals surface area contributed by atoms with Crippen LogP contribution in [0.3, 0.4) is 0 Å². The maximum atomic E-state index is 13.1. The summed E-state index contributed by atoms with van der Waals surface area (Å²) in [5, 5.41) is 6.76. The van der Waals surface area contributed by atoms with Gasteiger partial charge in [-0.15, -0.1) is 11.3 Å². The van der Waals surface area contributed by atoms with E-state index in [1.54, 1.807) is 7.05 Å². The van der Waals surface area contributed by atoms with Crippen molar-refractivity contribution >= 4 is 51.5 Å². The highest BCUT2D eigenvalue weighted by Gasteiger charge is 2.27. The molecule has 0 fully saturated rings. The molecule has 2 heterocycles. The predicted octanol–water partition coefficient (Wildman–Crippen LogP) is 5.28. The Bertz CT molecular complexity index is 1160. The summed E-state index contributed by atoms with van der Waals surface area (Å²) in [7, 11) is 1.60. The molecule has 2 N–H and O–H groups in total. The fourth-order valence-electron chi connectivity index (χ4n) is 3.59. The molecule has 166 valence electrons. The normalized spacial score (nSPS) is 12.8. The van der Waals surface area contributed by atoms with Crippen molar-refractivity contribution in [3.63, 3.8) is 0 Å². The van der Waals surface area contributed by atoms with Crippen LogP contribution in [0.2, 0.25) is 5.02 Å². The molecule has 0 saturated heterocycles. The molecule has 6 nitrogen and oxygen atoms in total. The van der Waals surface area contributed by atoms with E-state index in [2.05, 4.69) is 44.9 Å². The monoisotopic (exact) mass is 486 g/mol. The number of aromatic nitrogens is 2. The van der Waals surface area contributed by atoms with E-state index in [0.29, 0.717) is 21.5 Å². The van der Waals surface area contributed by atoms with Gasteiger partial charge in [-0.25, -0.2) is 9.97 Å². The number of halogens is 1. The van der Waals surface area contributed by atoms with E-state index in [-0.39, 0.29) is 16.6 Å². The van der Waals surface area contributed by atoms with E-state index in [0.717, 1.165) is 41.7 Å². The van der Waals surface area contributed by atoms with Gasteiger partial charge in [0.05, 0.1) is 16.8 Å². The molecule has 0 atom stereocenters. The largest absolute Gasteiger partial charge is 0.355 e. The van der Waals surface area contributed by atoms with Gasteiger partial charge in [-0.05, 0) is 43.7 Å². The van der Waals surface area contributed by atoms with Gasteiger partial charge in [0.2, 0.25) is 0 Å². The van der Waals surface area contributed by atoms with E-state index in [4.69, 9.17) is 11.6 Å². The molecule has 0 aliphatic heterocycles. The average Bonchev–Trinajstić information content (AvgIpc) is 3.16. The second-order valence-electron chi connectivity index (χ2n) is 7.57. The van der Waals surface area contributed by atoms with E-state index in [1.165, 1.54) is 34.9 Å². The molecular formula is C23H23ClN4O2S2. The fourth-order valence-corrected chi connectivity index (χ4v) is 5.82. The van der Waals surface area contributed by atoms with Crippen LogP contribution in [0.25, 0.3) is 0 Å². The Morgan fingerprint density at radius 2 is 1.91 bits per heavy atom. The summed E-state index contributed by atoms with van der Waals surface area (Å²) >= 11 is 9.15. The van der Waals surface area contributed by atoms with Gasteiger partial charge in [0, 0.05) is 17.7 Å². The quantitative estimate of drug-likeness (QED) is 0.365. The molecule has 32 heavy (non-hydrogen) atoms. The van der Waals surface area contributed by atoms with Gasteiger partial charge in [-0.3, -0.25) is 9.59 Å². The van der Waals surface area contributed by atoms with Crippen LogP contribution in [-0.2, 0) is 18.6 Å². The first-order valence-electron chi connectivity index (χ1n) is 10.3. The number of aryl methyl sites for hydroxylation is 2. The van der Waals surface area contributed by atoms with Gasteiger partial charge in [-0.1, -0.05) is 53.2 Å². The minimum absolute atomic E-state index is 0.0994. The number of nitrogens with zero attached hydrogens (tertiary/aromatic N) is 2. The molecule has 0 radical (unpaired) electrons. The highest BCUT2D eigenvalue weighted by molar-refractivity contribution is 7.98. The summed E-state index contributed by atoms with van der Waals surface area (Å²) in [4.78, 5) is 35.4. The number of rotatable bonds is 6. The summed E-state index contributed by atoms with van der Waals surface area (Å²) in [6.45, 7) is 2.05. The highest BCUT2D eigenvalue weighted by Crippen LogP contribution is 2.38. The third kappa shape index (κ3) is 4.98. The van der Waals surface area contributed by atoms with Crippen molar-refractivity contribution in [2.75, 3.05) is 12.4 Å². The second kappa shape index (κ2) is 10.0. The third-order valence-electron chi connectivity index (χ3n) is 5.28.